The average molecular weight is 444 g/mol. The number of nitrogens with zero attached hydrogens (tertiary/aromatic N) is 3. The lowest BCUT2D eigenvalue weighted by Gasteiger charge is -2.21. The standard InChI is InChI=1S/C23H29N3O4S/c1-16-8-6-9-17(14-16)30-15-20(27)26(13-7-12-25(2)3)23-24-21-18(28-4)10-11-19(29-5)22(21)31-23/h6,8-11,14H,7,12-13,15H2,1-5H3. The molecule has 7 nitrogen and oxygen atoms in total. The molecule has 2 aromatic carbocycles. The van der Waals surface area contributed by atoms with Crippen LogP contribution >= 0.6 is 11.3 Å². The van der Waals surface area contributed by atoms with E-state index in [1.807, 2.05) is 57.4 Å². The van der Waals surface area contributed by atoms with Crippen molar-refractivity contribution in [1.82, 2.24) is 9.88 Å². The zero-order chi connectivity index (χ0) is 22.4. The van der Waals surface area contributed by atoms with Crippen LogP contribution in [0.25, 0.3) is 10.2 Å². The molecule has 1 heterocycles. The van der Waals surface area contributed by atoms with E-state index in [1.165, 1.54) is 11.3 Å². The first kappa shape index (κ1) is 22.8. The van der Waals surface area contributed by atoms with Crippen molar-refractivity contribution in [2.45, 2.75) is 13.3 Å². The zero-order valence-electron chi connectivity index (χ0n) is 18.7. The van der Waals surface area contributed by atoms with Crippen LogP contribution in [-0.4, -0.2) is 63.8 Å². The summed E-state index contributed by atoms with van der Waals surface area (Å²) in [4.78, 5) is 21.7. The Morgan fingerprint density at radius 2 is 1.81 bits per heavy atom. The number of methoxy groups -OCH3 is 2. The monoisotopic (exact) mass is 443 g/mol. The van der Waals surface area contributed by atoms with Gasteiger partial charge in [0.2, 0.25) is 0 Å². The number of hydrogen-bond acceptors (Lipinski definition) is 7. The van der Waals surface area contributed by atoms with E-state index >= 15 is 0 Å². The van der Waals surface area contributed by atoms with Gasteiger partial charge in [-0.15, -0.1) is 0 Å². The first-order valence-corrected chi connectivity index (χ1v) is 10.9. The second kappa shape index (κ2) is 10.5. The summed E-state index contributed by atoms with van der Waals surface area (Å²) in [7, 11) is 7.26. The minimum absolute atomic E-state index is 0.0599. The Bertz CT molecular complexity index is 994. The van der Waals surface area contributed by atoms with Crippen molar-refractivity contribution >= 4 is 32.6 Å². The number of ether oxygens (including phenoxy) is 3. The van der Waals surface area contributed by atoms with Crippen molar-refractivity contribution in [2.75, 3.05) is 52.9 Å². The van der Waals surface area contributed by atoms with E-state index in [2.05, 4.69) is 4.90 Å². The number of fused-ring (bicyclic) bond motifs is 1. The van der Waals surface area contributed by atoms with E-state index in [0.29, 0.717) is 34.4 Å². The highest BCUT2D eigenvalue weighted by molar-refractivity contribution is 7.22. The van der Waals surface area contributed by atoms with Gasteiger partial charge in [-0.05, 0) is 63.8 Å². The molecule has 0 saturated carbocycles. The Morgan fingerprint density at radius 3 is 2.48 bits per heavy atom. The molecule has 3 aromatic rings. The van der Waals surface area contributed by atoms with Crippen molar-refractivity contribution in [3.05, 3.63) is 42.0 Å². The summed E-state index contributed by atoms with van der Waals surface area (Å²) in [5.41, 5.74) is 1.77. The lowest BCUT2D eigenvalue weighted by molar-refractivity contribution is -0.120. The Balaban J connectivity index is 1.88. The quantitative estimate of drug-likeness (QED) is 0.472. The number of anilines is 1. The van der Waals surface area contributed by atoms with Crippen LogP contribution in [0.15, 0.2) is 36.4 Å². The molecule has 0 unspecified atom stereocenters. The number of carbonyl (C=O) groups excluding carboxylic acids is 1. The minimum atomic E-state index is -0.141. The predicted octanol–water partition coefficient (Wildman–Crippen LogP) is 3.99. The molecule has 0 saturated heterocycles. The van der Waals surface area contributed by atoms with E-state index in [9.17, 15) is 4.79 Å². The molecule has 8 heteroatoms. The fraction of sp³-hybridized carbons (Fsp3) is 0.391. The number of hydrogen-bond donors (Lipinski definition) is 0. The fourth-order valence-corrected chi connectivity index (χ4v) is 4.31. The fourth-order valence-electron chi connectivity index (χ4n) is 3.19. The molecule has 1 aromatic heterocycles. The molecule has 0 aliphatic heterocycles. The Hall–Kier alpha value is -2.84. The largest absolute Gasteiger partial charge is 0.495 e. The van der Waals surface area contributed by atoms with Crippen LogP contribution in [0.4, 0.5) is 5.13 Å². The van der Waals surface area contributed by atoms with E-state index < -0.39 is 0 Å². The Morgan fingerprint density at radius 1 is 1.06 bits per heavy atom. The number of carbonyl (C=O) groups is 1. The number of benzene rings is 2. The first-order valence-electron chi connectivity index (χ1n) is 10.1. The normalized spacial score (nSPS) is 11.0. The molecule has 1 amide bonds. The van der Waals surface area contributed by atoms with Crippen molar-refractivity contribution in [3.63, 3.8) is 0 Å². The zero-order valence-corrected chi connectivity index (χ0v) is 19.5. The SMILES string of the molecule is COc1ccc(OC)c2sc(N(CCCN(C)C)C(=O)COc3cccc(C)c3)nc12. The maximum Gasteiger partial charge on any atom is 0.266 e. The number of aryl methyl sites for hydroxylation is 1. The first-order chi connectivity index (χ1) is 14.9. The van der Waals surface area contributed by atoms with E-state index in [4.69, 9.17) is 19.2 Å². The molecule has 166 valence electrons. The van der Waals surface area contributed by atoms with Crippen LogP contribution in [-0.2, 0) is 4.79 Å². The highest BCUT2D eigenvalue weighted by Gasteiger charge is 2.23. The van der Waals surface area contributed by atoms with E-state index in [0.717, 1.165) is 23.2 Å². The molecule has 0 fully saturated rings. The lowest BCUT2D eigenvalue weighted by Crippen LogP contribution is -2.36. The Kier molecular flexibility index (Phi) is 7.70. The van der Waals surface area contributed by atoms with Crippen LogP contribution in [0.2, 0.25) is 0 Å². The second-order valence-electron chi connectivity index (χ2n) is 7.45. The van der Waals surface area contributed by atoms with Gasteiger partial charge >= 0.3 is 0 Å². The van der Waals surface area contributed by atoms with E-state index in [1.54, 1.807) is 19.1 Å². The topological polar surface area (TPSA) is 64.1 Å². The van der Waals surface area contributed by atoms with Crippen molar-refractivity contribution in [1.29, 1.82) is 0 Å². The van der Waals surface area contributed by atoms with Crippen LogP contribution < -0.4 is 19.1 Å². The van der Waals surface area contributed by atoms with Crippen molar-refractivity contribution < 1.29 is 19.0 Å². The van der Waals surface area contributed by atoms with Crippen molar-refractivity contribution in [2.24, 2.45) is 0 Å². The van der Waals surface area contributed by atoms with Crippen LogP contribution in [0.1, 0.15) is 12.0 Å². The third-order valence-electron chi connectivity index (χ3n) is 4.77. The van der Waals surface area contributed by atoms with Crippen LogP contribution in [0.5, 0.6) is 17.2 Å². The summed E-state index contributed by atoms with van der Waals surface area (Å²) in [5, 5.41) is 0.606. The molecule has 0 aliphatic rings. The molecule has 3 rings (SSSR count). The number of aromatic nitrogens is 1. The molecule has 0 N–H and O–H groups in total. The third-order valence-corrected chi connectivity index (χ3v) is 5.86. The van der Waals surface area contributed by atoms with E-state index in [-0.39, 0.29) is 12.5 Å². The van der Waals surface area contributed by atoms with Gasteiger partial charge in [-0.3, -0.25) is 9.69 Å². The highest BCUT2D eigenvalue weighted by atomic mass is 32.1. The highest BCUT2D eigenvalue weighted by Crippen LogP contribution is 2.40. The van der Waals surface area contributed by atoms with Gasteiger partial charge in [0.15, 0.2) is 11.7 Å². The molecule has 0 bridgehead atoms. The summed E-state index contributed by atoms with van der Waals surface area (Å²) < 4.78 is 17.6. The van der Waals surface area contributed by atoms with Gasteiger partial charge in [-0.2, -0.15) is 0 Å². The molecule has 31 heavy (non-hydrogen) atoms. The van der Waals surface area contributed by atoms with Gasteiger partial charge in [-0.25, -0.2) is 4.98 Å². The smallest absolute Gasteiger partial charge is 0.266 e. The third kappa shape index (κ3) is 5.65. The summed E-state index contributed by atoms with van der Waals surface area (Å²) in [6.07, 6.45) is 0.813. The van der Waals surface area contributed by atoms with Gasteiger partial charge in [0.05, 0.1) is 14.2 Å². The molecule has 0 spiro atoms. The van der Waals surface area contributed by atoms with Gasteiger partial charge in [0.1, 0.15) is 27.5 Å². The molecular weight excluding hydrogens is 414 g/mol. The maximum atomic E-state index is 13.2. The summed E-state index contributed by atoms with van der Waals surface area (Å²) in [5.74, 6) is 1.89. The van der Waals surface area contributed by atoms with Gasteiger partial charge in [0.25, 0.3) is 5.91 Å². The van der Waals surface area contributed by atoms with Gasteiger partial charge in [0, 0.05) is 6.54 Å². The van der Waals surface area contributed by atoms with Gasteiger partial charge in [-0.1, -0.05) is 23.5 Å². The second-order valence-corrected chi connectivity index (χ2v) is 8.43. The number of rotatable bonds is 10. The number of thiazole rings is 1. The Labute approximate surface area is 187 Å². The molecular formula is C23H29N3O4S. The summed E-state index contributed by atoms with van der Waals surface area (Å²) in [6.45, 7) is 3.33. The molecule has 0 atom stereocenters. The van der Waals surface area contributed by atoms with Crippen molar-refractivity contribution in [3.8, 4) is 17.2 Å². The lowest BCUT2D eigenvalue weighted by atomic mass is 10.2. The van der Waals surface area contributed by atoms with Crippen LogP contribution in [0, 0.1) is 6.92 Å². The summed E-state index contributed by atoms with van der Waals surface area (Å²) >= 11 is 1.42. The average Bonchev–Trinajstić information content (AvgIpc) is 3.19. The molecule has 0 aliphatic carbocycles. The van der Waals surface area contributed by atoms with Crippen LogP contribution in [0.3, 0.4) is 0 Å². The molecule has 0 radical (unpaired) electrons. The minimum Gasteiger partial charge on any atom is -0.495 e. The van der Waals surface area contributed by atoms with Gasteiger partial charge < -0.3 is 19.1 Å². The maximum absolute atomic E-state index is 13.2. The summed E-state index contributed by atoms with van der Waals surface area (Å²) in [6, 6.07) is 11.3. The predicted molar refractivity (Wildman–Crippen MR) is 125 cm³/mol. The number of amides is 1.